The van der Waals surface area contributed by atoms with Crippen molar-refractivity contribution in [2.75, 3.05) is 6.61 Å². The Morgan fingerprint density at radius 3 is 2.21 bits per heavy atom. The third-order valence-electron chi connectivity index (χ3n) is 8.75. The number of rotatable bonds is 9. The SMILES string of the molecule is CCCCc1cnnn1[C@@H]1OC(CO[Si](C)(C)C(C)(C)C)C2(OS(=O)(=O)C=C2N)[C@H]1O[Si](C)(C)C(C)(C)C. The van der Waals surface area contributed by atoms with E-state index in [0.29, 0.717) is 0 Å². The van der Waals surface area contributed by atoms with E-state index in [1.165, 1.54) is 0 Å². The highest BCUT2D eigenvalue weighted by atomic mass is 32.2. The molecule has 1 saturated heterocycles. The van der Waals surface area contributed by atoms with Gasteiger partial charge >= 0.3 is 0 Å². The zero-order chi connectivity index (χ0) is 28.9. The molecule has 0 saturated carbocycles. The van der Waals surface area contributed by atoms with E-state index in [9.17, 15) is 8.42 Å². The van der Waals surface area contributed by atoms with Gasteiger partial charge in [-0.15, -0.1) is 5.10 Å². The van der Waals surface area contributed by atoms with Crippen molar-refractivity contribution in [1.82, 2.24) is 15.0 Å². The molecular weight excluding hydrogens is 541 g/mol. The van der Waals surface area contributed by atoms with Crippen molar-refractivity contribution in [3.63, 3.8) is 0 Å². The second-order valence-electron chi connectivity index (χ2n) is 13.6. The number of nitrogens with two attached hydrogens (primary N) is 1. The summed E-state index contributed by atoms with van der Waals surface area (Å²) in [6, 6.07) is 0. The molecule has 13 heteroatoms. The second kappa shape index (κ2) is 10.4. The Kier molecular flexibility index (Phi) is 8.59. The van der Waals surface area contributed by atoms with E-state index in [1.54, 1.807) is 10.9 Å². The van der Waals surface area contributed by atoms with Crippen molar-refractivity contribution in [3.05, 3.63) is 23.0 Å². The number of aromatic nitrogens is 3. The maximum absolute atomic E-state index is 12.9. The van der Waals surface area contributed by atoms with Gasteiger partial charge in [0.15, 0.2) is 28.5 Å². The lowest BCUT2D eigenvalue weighted by Gasteiger charge is -2.43. The zero-order valence-electron chi connectivity index (χ0n) is 25.0. The van der Waals surface area contributed by atoms with Crippen LogP contribution in [0.5, 0.6) is 0 Å². The number of nitrogens with zero attached hydrogens (tertiary/aromatic N) is 3. The first kappa shape index (κ1) is 31.4. The van der Waals surface area contributed by atoms with Gasteiger partial charge in [-0.3, -0.25) is 0 Å². The summed E-state index contributed by atoms with van der Waals surface area (Å²) in [5, 5.41) is 9.30. The van der Waals surface area contributed by atoms with Crippen molar-refractivity contribution in [2.24, 2.45) is 5.73 Å². The topological polar surface area (TPSA) is 128 Å². The number of ether oxygens (including phenoxy) is 1. The number of unbranched alkanes of at least 4 members (excludes halogenated alkanes) is 1. The maximum Gasteiger partial charge on any atom is 0.292 e. The van der Waals surface area contributed by atoms with Crippen molar-refractivity contribution in [2.45, 2.75) is 128 Å². The Balaban J connectivity index is 2.16. The van der Waals surface area contributed by atoms with E-state index in [2.05, 4.69) is 85.0 Å². The van der Waals surface area contributed by atoms with Gasteiger partial charge in [0.1, 0.15) is 12.2 Å². The van der Waals surface area contributed by atoms with Crippen LogP contribution in [-0.2, 0) is 34.3 Å². The Morgan fingerprint density at radius 2 is 1.71 bits per heavy atom. The minimum absolute atomic E-state index is 0.0571. The average molecular weight is 589 g/mol. The van der Waals surface area contributed by atoms with Crippen LogP contribution in [0.15, 0.2) is 17.3 Å². The molecule has 0 radical (unpaired) electrons. The lowest BCUT2D eigenvalue weighted by atomic mass is 9.89. The van der Waals surface area contributed by atoms with Gasteiger partial charge in [-0.25, -0.2) is 8.86 Å². The summed E-state index contributed by atoms with van der Waals surface area (Å²) in [7, 11) is -8.78. The molecule has 1 spiro atoms. The van der Waals surface area contributed by atoms with Crippen LogP contribution >= 0.6 is 0 Å². The minimum atomic E-state index is -4.06. The molecule has 2 unspecified atom stereocenters. The minimum Gasteiger partial charge on any atom is -0.414 e. The first-order valence-electron chi connectivity index (χ1n) is 13.5. The van der Waals surface area contributed by atoms with E-state index in [0.717, 1.165) is 30.4 Å². The Labute approximate surface area is 231 Å². The summed E-state index contributed by atoms with van der Waals surface area (Å²) in [6.45, 7) is 23.6. The Hall–Kier alpha value is -1.10. The molecule has 38 heavy (non-hydrogen) atoms. The quantitative estimate of drug-likeness (QED) is 0.319. The highest BCUT2D eigenvalue weighted by molar-refractivity contribution is 7.90. The highest BCUT2D eigenvalue weighted by Crippen LogP contribution is 2.52. The number of hydrogen-bond acceptors (Lipinski definition) is 9. The third kappa shape index (κ3) is 5.84. The summed E-state index contributed by atoms with van der Waals surface area (Å²) < 4.78 is 53.5. The predicted molar refractivity (Wildman–Crippen MR) is 153 cm³/mol. The fourth-order valence-corrected chi connectivity index (χ4v) is 7.71. The fourth-order valence-electron chi connectivity index (χ4n) is 4.20. The van der Waals surface area contributed by atoms with Crippen LogP contribution in [0.3, 0.4) is 0 Å². The van der Waals surface area contributed by atoms with Gasteiger partial charge in [-0.2, -0.15) is 8.42 Å². The maximum atomic E-state index is 12.9. The van der Waals surface area contributed by atoms with Gasteiger partial charge in [-0.05, 0) is 49.1 Å². The molecule has 0 aromatic carbocycles. The summed E-state index contributed by atoms with van der Waals surface area (Å²) in [4.78, 5) is 0. The molecule has 3 rings (SSSR count). The number of hydrogen-bond donors (Lipinski definition) is 1. The molecule has 1 aromatic heterocycles. The molecule has 10 nitrogen and oxygen atoms in total. The Morgan fingerprint density at radius 1 is 1.11 bits per heavy atom. The van der Waals surface area contributed by atoms with Crippen molar-refractivity contribution < 1.29 is 26.2 Å². The van der Waals surface area contributed by atoms with E-state index < -0.39 is 50.8 Å². The van der Waals surface area contributed by atoms with Gasteiger partial charge in [0.2, 0.25) is 0 Å². The normalized spacial score (nSPS) is 28.3. The Bertz CT molecular complexity index is 1140. The molecule has 218 valence electrons. The number of aryl methyl sites for hydroxylation is 1. The van der Waals surface area contributed by atoms with Crippen LogP contribution in [0.4, 0.5) is 0 Å². The van der Waals surface area contributed by atoms with Crippen LogP contribution in [-0.4, -0.2) is 64.5 Å². The largest absolute Gasteiger partial charge is 0.414 e. The van der Waals surface area contributed by atoms with Gasteiger partial charge < -0.3 is 19.3 Å². The molecular formula is C25H48N4O6SSi2. The summed E-state index contributed by atoms with van der Waals surface area (Å²) >= 11 is 0. The first-order chi connectivity index (χ1) is 17.2. The molecule has 4 atom stereocenters. The zero-order valence-corrected chi connectivity index (χ0v) is 27.8. The van der Waals surface area contributed by atoms with Gasteiger partial charge in [-0.1, -0.05) is 60.1 Å². The molecule has 2 N–H and O–H groups in total. The van der Waals surface area contributed by atoms with Crippen molar-refractivity contribution in [3.8, 4) is 0 Å². The second-order valence-corrected chi connectivity index (χ2v) is 24.6. The van der Waals surface area contributed by atoms with Crippen molar-refractivity contribution in [1.29, 1.82) is 0 Å². The van der Waals surface area contributed by atoms with E-state index in [-0.39, 0.29) is 22.4 Å². The molecule has 2 aliphatic rings. The van der Waals surface area contributed by atoms with Gasteiger partial charge in [0.25, 0.3) is 10.1 Å². The van der Waals surface area contributed by atoms with Crippen LogP contribution in [0.2, 0.25) is 36.3 Å². The first-order valence-corrected chi connectivity index (χ1v) is 20.8. The molecule has 0 bridgehead atoms. The molecule has 0 amide bonds. The standard InChI is InChI=1S/C25H48N4O6SSi2/c1-12-13-14-18-15-27-28-29(18)22-21(34-38(10,11)24(5,6)7)25(19(26)17-36(30,31)35-25)20(33-22)16-32-37(8,9)23(2,3)4/h15,17,20-22H,12-14,16,26H2,1-11H3/t20?,21-,22+,25?/m0/s1. The summed E-state index contributed by atoms with van der Waals surface area (Å²) in [6.07, 6.45) is 1.90. The molecule has 1 fully saturated rings. The van der Waals surface area contributed by atoms with Crippen LogP contribution < -0.4 is 5.73 Å². The monoisotopic (exact) mass is 588 g/mol. The fraction of sp³-hybridized carbons (Fsp3) is 0.840. The molecule has 0 aliphatic carbocycles. The predicted octanol–water partition coefficient (Wildman–Crippen LogP) is 4.83. The lowest BCUT2D eigenvalue weighted by molar-refractivity contribution is -0.0605. The van der Waals surface area contributed by atoms with Crippen LogP contribution in [0, 0.1) is 0 Å². The van der Waals surface area contributed by atoms with Gasteiger partial charge in [0, 0.05) is 0 Å². The van der Waals surface area contributed by atoms with E-state index in [4.69, 9.17) is 23.5 Å². The molecule has 3 heterocycles. The van der Waals surface area contributed by atoms with Crippen LogP contribution in [0.25, 0.3) is 0 Å². The lowest BCUT2D eigenvalue weighted by Crippen LogP contribution is -2.59. The molecule has 2 aliphatic heterocycles. The van der Waals surface area contributed by atoms with Gasteiger partial charge in [0.05, 0.1) is 29.6 Å². The average Bonchev–Trinajstić information content (AvgIpc) is 3.38. The summed E-state index contributed by atoms with van der Waals surface area (Å²) in [5.41, 5.74) is 5.89. The highest BCUT2D eigenvalue weighted by Gasteiger charge is 2.67. The van der Waals surface area contributed by atoms with Crippen LogP contribution in [0.1, 0.15) is 73.2 Å². The smallest absolute Gasteiger partial charge is 0.292 e. The van der Waals surface area contributed by atoms with E-state index >= 15 is 0 Å². The van der Waals surface area contributed by atoms with Crippen molar-refractivity contribution >= 4 is 26.8 Å². The third-order valence-corrected chi connectivity index (χ3v) is 18.8. The molecule has 1 aromatic rings. The van der Waals surface area contributed by atoms with E-state index in [1.807, 2.05) is 0 Å². The summed E-state index contributed by atoms with van der Waals surface area (Å²) in [5.74, 6) is 0.